The van der Waals surface area contributed by atoms with E-state index in [1.165, 1.54) is 11.1 Å². The molecule has 1 saturated heterocycles. The van der Waals surface area contributed by atoms with E-state index < -0.39 is 0 Å². The Kier molecular flexibility index (Phi) is 4.71. The van der Waals surface area contributed by atoms with Crippen LogP contribution in [-0.4, -0.2) is 30.6 Å². The van der Waals surface area contributed by atoms with E-state index in [9.17, 15) is 4.79 Å². The van der Waals surface area contributed by atoms with E-state index in [-0.39, 0.29) is 5.91 Å². The predicted octanol–water partition coefficient (Wildman–Crippen LogP) is 3.64. The fourth-order valence-electron chi connectivity index (χ4n) is 3.50. The molecule has 4 nitrogen and oxygen atoms in total. The summed E-state index contributed by atoms with van der Waals surface area (Å²) in [6.07, 6.45) is 3.30. The Balaban J connectivity index is 1.64. The maximum Gasteiger partial charge on any atom is 0.268 e. The van der Waals surface area contributed by atoms with Crippen LogP contribution >= 0.6 is 0 Å². The molecule has 23 heavy (non-hydrogen) atoms. The van der Waals surface area contributed by atoms with Gasteiger partial charge in [0.1, 0.15) is 5.69 Å². The molecule has 2 heterocycles. The van der Waals surface area contributed by atoms with Gasteiger partial charge in [0.15, 0.2) is 0 Å². The van der Waals surface area contributed by atoms with Crippen molar-refractivity contribution >= 4 is 16.8 Å². The molecule has 1 atom stereocenters. The van der Waals surface area contributed by atoms with E-state index in [0.717, 1.165) is 55.5 Å². The van der Waals surface area contributed by atoms with Crippen LogP contribution in [0.5, 0.6) is 0 Å². The summed E-state index contributed by atoms with van der Waals surface area (Å²) in [5.74, 6) is 0.672. The molecular formula is C19H26N2O2. The fraction of sp³-hybridized carbons (Fsp3) is 0.526. The second-order valence-electron chi connectivity index (χ2n) is 6.76. The van der Waals surface area contributed by atoms with Crippen LogP contribution in [0, 0.1) is 26.7 Å². The van der Waals surface area contributed by atoms with E-state index in [2.05, 4.69) is 36.3 Å². The van der Waals surface area contributed by atoms with Crippen molar-refractivity contribution in [3.05, 3.63) is 34.5 Å². The number of aromatic nitrogens is 1. The maximum atomic E-state index is 12.5. The molecular weight excluding hydrogens is 288 g/mol. The second kappa shape index (κ2) is 6.75. The molecule has 4 heteroatoms. The standard InChI is InChI=1S/C19H26N2O2/c1-12-9-13(2)17-16(10-12)14(3)18(21-17)19(22)20-7-4-5-15-6-8-23-11-15/h9-10,15,21H,4-8,11H2,1-3H3,(H,20,22)/t15-/m0/s1. The zero-order chi connectivity index (χ0) is 16.4. The van der Waals surface area contributed by atoms with Crippen LogP contribution < -0.4 is 5.32 Å². The highest BCUT2D eigenvalue weighted by Gasteiger charge is 2.17. The summed E-state index contributed by atoms with van der Waals surface area (Å²) in [7, 11) is 0. The third kappa shape index (κ3) is 3.42. The molecule has 1 aliphatic heterocycles. The van der Waals surface area contributed by atoms with Gasteiger partial charge < -0.3 is 15.0 Å². The smallest absolute Gasteiger partial charge is 0.268 e. The molecule has 1 fully saturated rings. The summed E-state index contributed by atoms with van der Waals surface area (Å²) in [4.78, 5) is 15.8. The second-order valence-corrected chi connectivity index (χ2v) is 6.76. The average molecular weight is 314 g/mol. The van der Waals surface area contributed by atoms with Crippen molar-refractivity contribution < 1.29 is 9.53 Å². The molecule has 1 aromatic carbocycles. The number of rotatable bonds is 5. The Morgan fingerprint density at radius 2 is 2.17 bits per heavy atom. The number of hydrogen-bond acceptors (Lipinski definition) is 2. The topological polar surface area (TPSA) is 54.1 Å². The van der Waals surface area contributed by atoms with Crippen molar-refractivity contribution in [3.63, 3.8) is 0 Å². The molecule has 2 aromatic rings. The Bertz CT molecular complexity index is 712. The summed E-state index contributed by atoms with van der Waals surface area (Å²) in [5, 5.41) is 4.20. The molecule has 0 saturated carbocycles. The van der Waals surface area contributed by atoms with Gasteiger partial charge in [0.2, 0.25) is 0 Å². The average Bonchev–Trinajstić information content (AvgIpc) is 3.13. The van der Waals surface area contributed by atoms with Crippen LogP contribution in [0.15, 0.2) is 12.1 Å². The number of amides is 1. The number of H-pyrrole nitrogens is 1. The van der Waals surface area contributed by atoms with Gasteiger partial charge in [0.05, 0.1) is 0 Å². The first-order valence-electron chi connectivity index (χ1n) is 8.51. The number of aryl methyl sites for hydroxylation is 3. The zero-order valence-corrected chi connectivity index (χ0v) is 14.3. The first-order chi connectivity index (χ1) is 11.1. The van der Waals surface area contributed by atoms with Crippen LogP contribution in [0.25, 0.3) is 10.9 Å². The van der Waals surface area contributed by atoms with Gasteiger partial charge in [-0.15, -0.1) is 0 Å². The Morgan fingerprint density at radius 3 is 2.91 bits per heavy atom. The van der Waals surface area contributed by atoms with Gasteiger partial charge in [-0.05, 0) is 63.1 Å². The molecule has 1 amide bonds. The normalized spacial score (nSPS) is 17.8. The predicted molar refractivity (Wildman–Crippen MR) is 93.0 cm³/mol. The quantitative estimate of drug-likeness (QED) is 0.828. The van der Waals surface area contributed by atoms with Gasteiger partial charge in [-0.1, -0.05) is 11.6 Å². The molecule has 124 valence electrons. The summed E-state index contributed by atoms with van der Waals surface area (Å²) < 4.78 is 5.38. The monoisotopic (exact) mass is 314 g/mol. The third-order valence-electron chi connectivity index (χ3n) is 4.83. The van der Waals surface area contributed by atoms with E-state index in [4.69, 9.17) is 4.74 Å². The number of carbonyl (C=O) groups is 1. The molecule has 1 aliphatic rings. The summed E-state index contributed by atoms with van der Waals surface area (Å²) >= 11 is 0. The number of nitrogens with one attached hydrogen (secondary N) is 2. The van der Waals surface area contributed by atoms with Crippen molar-refractivity contribution in [2.75, 3.05) is 19.8 Å². The van der Waals surface area contributed by atoms with Crippen molar-refractivity contribution in [3.8, 4) is 0 Å². The van der Waals surface area contributed by atoms with Crippen LogP contribution in [0.4, 0.5) is 0 Å². The first kappa shape index (κ1) is 16.1. The summed E-state index contributed by atoms with van der Waals surface area (Å²) in [6, 6.07) is 4.29. The largest absolute Gasteiger partial charge is 0.381 e. The number of benzene rings is 1. The van der Waals surface area contributed by atoms with E-state index in [1.54, 1.807) is 0 Å². The van der Waals surface area contributed by atoms with Gasteiger partial charge in [-0.2, -0.15) is 0 Å². The minimum Gasteiger partial charge on any atom is -0.381 e. The lowest BCUT2D eigenvalue weighted by atomic mass is 10.0. The summed E-state index contributed by atoms with van der Waals surface area (Å²) in [6.45, 7) is 8.68. The number of hydrogen-bond donors (Lipinski definition) is 2. The van der Waals surface area contributed by atoms with E-state index >= 15 is 0 Å². The molecule has 0 unspecified atom stereocenters. The van der Waals surface area contributed by atoms with Crippen LogP contribution in [0.2, 0.25) is 0 Å². The lowest BCUT2D eigenvalue weighted by molar-refractivity contribution is 0.0947. The highest BCUT2D eigenvalue weighted by molar-refractivity contribution is 6.01. The highest BCUT2D eigenvalue weighted by atomic mass is 16.5. The van der Waals surface area contributed by atoms with Crippen molar-refractivity contribution in [1.29, 1.82) is 0 Å². The van der Waals surface area contributed by atoms with Gasteiger partial charge in [-0.25, -0.2) is 0 Å². The molecule has 0 spiro atoms. The number of carbonyl (C=O) groups excluding carboxylic acids is 1. The molecule has 2 N–H and O–H groups in total. The van der Waals surface area contributed by atoms with Crippen LogP contribution in [0.1, 0.15) is 46.4 Å². The molecule has 3 rings (SSSR count). The minimum absolute atomic E-state index is 0.00146. The van der Waals surface area contributed by atoms with Crippen molar-refractivity contribution in [2.45, 2.75) is 40.0 Å². The van der Waals surface area contributed by atoms with Gasteiger partial charge in [0.25, 0.3) is 5.91 Å². The van der Waals surface area contributed by atoms with Crippen LogP contribution in [0.3, 0.4) is 0 Å². The van der Waals surface area contributed by atoms with Crippen molar-refractivity contribution in [2.24, 2.45) is 5.92 Å². The molecule has 0 aliphatic carbocycles. The first-order valence-corrected chi connectivity index (χ1v) is 8.51. The molecule has 0 radical (unpaired) electrons. The van der Waals surface area contributed by atoms with Gasteiger partial charge >= 0.3 is 0 Å². The minimum atomic E-state index is -0.00146. The number of fused-ring (bicyclic) bond motifs is 1. The highest BCUT2D eigenvalue weighted by Crippen LogP contribution is 2.26. The Labute approximate surface area is 137 Å². The maximum absolute atomic E-state index is 12.5. The zero-order valence-electron chi connectivity index (χ0n) is 14.3. The fourth-order valence-corrected chi connectivity index (χ4v) is 3.50. The number of ether oxygens (including phenoxy) is 1. The van der Waals surface area contributed by atoms with Gasteiger partial charge in [0, 0.05) is 30.7 Å². The summed E-state index contributed by atoms with van der Waals surface area (Å²) in [5.41, 5.74) is 5.21. The van der Waals surface area contributed by atoms with E-state index in [0.29, 0.717) is 11.6 Å². The lowest BCUT2D eigenvalue weighted by Gasteiger charge is -2.08. The lowest BCUT2D eigenvalue weighted by Crippen LogP contribution is -2.25. The SMILES string of the molecule is Cc1cc(C)c2[nH]c(C(=O)NCCC[C@H]3CCOC3)c(C)c2c1. The Morgan fingerprint density at radius 1 is 1.35 bits per heavy atom. The Hall–Kier alpha value is -1.81. The van der Waals surface area contributed by atoms with Crippen LogP contribution in [-0.2, 0) is 4.74 Å². The van der Waals surface area contributed by atoms with Gasteiger partial charge in [-0.3, -0.25) is 4.79 Å². The molecule has 1 aromatic heterocycles. The van der Waals surface area contributed by atoms with Crippen molar-refractivity contribution in [1.82, 2.24) is 10.3 Å². The third-order valence-corrected chi connectivity index (χ3v) is 4.83. The molecule has 0 bridgehead atoms. The van der Waals surface area contributed by atoms with E-state index in [1.807, 2.05) is 6.92 Å². The number of aromatic amines is 1.